The van der Waals surface area contributed by atoms with Gasteiger partial charge in [-0.3, -0.25) is 4.79 Å². The minimum atomic E-state index is -0.532. The van der Waals surface area contributed by atoms with Gasteiger partial charge in [0.2, 0.25) is 5.91 Å². The Morgan fingerprint density at radius 3 is 2.57 bits per heavy atom. The van der Waals surface area contributed by atoms with Crippen molar-refractivity contribution >= 4 is 34.8 Å². The number of carbonyl (C=O) groups is 1. The standard InChI is InChI=1S/C8H8Cl2N2O2/c9-4-1-6(12-3-8(11)14)7(13)2-5(4)10/h1-2,12-13H,3H2,(H2,11,14). The number of amides is 1. The van der Waals surface area contributed by atoms with Gasteiger partial charge in [0.1, 0.15) is 5.75 Å². The first-order valence-electron chi connectivity index (χ1n) is 3.71. The van der Waals surface area contributed by atoms with Gasteiger partial charge in [-0.15, -0.1) is 0 Å². The van der Waals surface area contributed by atoms with Gasteiger partial charge in [0.15, 0.2) is 0 Å². The fourth-order valence-corrected chi connectivity index (χ4v) is 1.18. The van der Waals surface area contributed by atoms with Crippen LogP contribution in [-0.4, -0.2) is 17.6 Å². The summed E-state index contributed by atoms with van der Waals surface area (Å²) in [5.41, 5.74) is 5.23. The second kappa shape index (κ2) is 4.39. The van der Waals surface area contributed by atoms with Crippen molar-refractivity contribution < 1.29 is 9.90 Å². The second-order valence-electron chi connectivity index (χ2n) is 2.60. The van der Waals surface area contributed by atoms with Crippen LogP contribution in [-0.2, 0) is 4.79 Å². The van der Waals surface area contributed by atoms with E-state index >= 15 is 0 Å². The Labute approximate surface area is 90.6 Å². The van der Waals surface area contributed by atoms with Crippen LogP contribution < -0.4 is 11.1 Å². The van der Waals surface area contributed by atoms with Crippen LogP contribution in [0.5, 0.6) is 5.75 Å². The smallest absolute Gasteiger partial charge is 0.236 e. The van der Waals surface area contributed by atoms with Crippen LogP contribution in [0.1, 0.15) is 0 Å². The Bertz CT molecular complexity index is 369. The van der Waals surface area contributed by atoms with Crippen molar-refractivity contribution in [3.8, 4) is 5.75 Å². The minimum absolute atomic E-state index is 0.0779. The highest BCUT2D eigenvalue weighted by atomic mass is 35.5. The molecule has 0 bridgehead atoms. The summed E-state index contributed by atoms with van der Waals surface area (Å²) >= 11 is 11.3. The van der Waals surface area contributed by atoms with Gasteiger partial charge < -0.3 is 16.2 Å². The number of rotatable bonds is 3. The van der Waals surface area contributed by atoms with Gasteiger partial charge in [0, 0.05) is 6.07 Å². The summed E-state index contributed by atoms with van der Waals surface area (Å²) in [7, 11) is 0. The van der Waals surface area contributed by atoms with E-state index in [1.807, 2.05) is 0 Å². The van der Waals surface area contributed by atoms with E-state index in [0.29, 0.717) is 5.69 Å². The lowest BCUT2D eigenvalue weighted by Gasteiger charge is -2.07. The van der Waals surface area contributed by atoms with Crippen molar-refractivity contribution in [1.29, 1.82) is 0 Å². The highest BCUT2D eigenvalue weighted by Gasteiger charge is 2.06. The molecule has 0 fully saturated rings. The molecule has 0 aliphatic rings. The van der Waals surface area contributed by atoms with E-state index in [1.165, 1.54) is 12.1 Å². The molecule has 1 aromatic carbocycles. The zero-order valence-electron chi connectivity index (χ0n) is 7.05. The Morgan fingerprint density at radius 1 is 1.43 bits per heavy atom. The highest BCUT2D eigenvalue weighted by molar-refractivity contribution is 6.42. The van der Waals surface area contributed by atoms with E-state index in [0.717, 1.165) is 0 Å². The molecule has 4 N–H and O–H groups in total. The lowest BCUT2D eigenvalue weighted by atomic mass is 10.3. The minimum Gasteiger partial charge on any atom is -0.506 e. The van der Waals surface area contributed by atoms with Gasteiger partial charge >= 0.3 is 0 Å². The lowest BCUT2D eigenvalue weighted by molar-refractivity contribution is -0.116. The molecule has 4 nitrogen and oxygen atoms in total. The molecule has 14 heavy (non-hydrogen) atoms. The first-order chi connectivity index (χ1) is 6.50. The fraction of sp³-hybridized carbons (Fsp3) is 0.125. The van der Waals surface area contributed by atoms with Crippen molar-refractivity contribution in [3.63, 3.8) is 0 Å². The Kier molecular flexibility index (Phi) is 3.43. The molecule has 1 aromatic rings. The Balaban J connectivity index is 2.87. The predicted molar refractivity (Wildman–Crippen MR) is 55.8 cm³/mol. The molecule has 0 radical (unpaired) electrons. The summed E-state index contributed by atoms with van der Waals surface area (Å²) in [4.78, 5) is 10.5. The van der Waals surface area contributed by atoms with Gasteiger partial charge in [-0.05, 0) is 6.07 Å². The molecule has 1 rings (SSSR count). The highest BCUT2D eigenvalue weighted by Crippen LogP contribution is 2.32. The van der Waals surface area contributed by atoms with Crippen LogP contribution in [0.25, 0.3) is 0 Å². The molecule has 0 unspecified atom stereocenters. The monoisotopic (exact) mass is 234 g/mol. The molecular weight excluding hydrogens is 227 g/mol. The van der Waals surface area contributed by atoms with Gasteiger partial charge in [-0.1, -0.05) is 23.2 Å². The molecular formula is C8H8Cl2N2O2. The van der Waals surface area contributed by atoms with Crippen LogP contribution in [0.3, 0.4) is 0 Å². The van der Waals surface area contributed by atoms with Crippen molar-refractivity contribution in [2.75, 3.05) is 11.9 Å². The average molecular weight is 235 g/mol. The lowest BCUT2D eigenvalue weighted by Crippen LogP contribution is -2.21. The van der Waals surface area contributed by atoms with Gasteiger partial charge in [0.25, 0.3) is 0 Å². The number of phenols is 1. The zero-order chi connectivity index (χ0) is 10.7. The number of anilines is 1. The largest absolute Gasteiger partial charge is 0.506 e. The average Bonchev–Trinajstić information content (AvgIpc) is 2.09. The van der Waals surface area contributed by atoms with Crippen LogP contribution >= 0.6 is 23.2 Å². The molecule has 0 saturated carbocycles. The van der Waals surface area contributed by atoms with E-state index in [1.54, 1.807) is 0 Å². The van der Waals surface area contributed by atoms with Crippen molar-refractivity contribution in [1.82, 2.24) is 0 Å². The van der Waals surface area contributed by atoms with Crippen molar-refractivity contribution in [2.45, 2.75) is 0 Å². The number of aromatic hydroxyl groups is 1. The molecule has 0 aliphatic carbocycles. The van der Waals surface area contributed by atoms with Crippen molar-refractivity contribution in [2.24, 2.45) is 5.73 Å². The normalized spacial score (nSPS) is 9.86. The number of primary amides is 1. The van der Waals surface area contributed by atoms with Gasteiger partial charge in [-0.2, -0.15) is 0 Å². The topological polar surface area (TPSA) is 75.4 Å². The van der Waals surface area contributed by atoms with Crippen LogP contribution in [0.4, 0.5) is 5.69 Å². The molecule has 1 amide bonds. The van der Waals surface area contributed by atoms with Crippen LogP contribution in [0.2, 0.25) is 10.0 Å². The summed E-state index contributed by atoms with van der Waals surface area (Å²) in [6, 6.07) is 2.70. The summed E-state index contributed by atoms with van der Waals surface area (Å²) in [5.74, 6) is -0.615. The summed E-state index contributed by atoms with van der Waals surface area (Å²) in [6.45, 7) is -0.0779. The molecule has 0 heterocycles. The zero-order valence-corrected chi connectivity index (χ0v) is 8.56. The number of nitrogens with two attached hydrogens (primary N) is 1. The molecule has 0 aliphatic heterocycles. The molecule has 76 valence electrons. The number of nitrogens with one attached hydrogen (secondary N) is 1. The molecule has 0 atom stereocenters. The molecule has 0 spiro atoms. The molecule has 6 heteroatoms. The number of hydrogen-bond donors (Lipinski definition) is 3. The predicted octanol–water partition coefficient (Wildman–Crippen LogP) is 1.60. The van der Waals surface area contributed by atoms with Gasteiger partial charge in [0.05, 0.1) is 22.3 Å². The fourth-order valence-electron chi connectivity index (χ4n) is 0.860. The first kappa shape index (κ1) is 10.9. The van der Waals surface area contributed by atoms with Gasteiger partial charge in [-0.25, -0.2) is 0 Å². The third kappa shape index (κ3) is 2.68. The maximum atomic E-state index is 10.5. The van der Waals surface area contributed by atoms with Crippen LogP contribution in [0, 0.1) is 0 Å². The Morgan fingerprint density at radius 2 is 2.00 bits per heavy atom. The maximum Gasteiger partial charge on any atom is 0.236 e. The second-order valence-corrected chi connectivity index (χ2v) is 3.42. The molecule has 0 saturated heterocycles. The van der Waals surface area contributed by atoms with Crippen molar-refractivity contribution in [3.05, 3.63) is 22.2 Å². The van der Waals surface area contributed by atoms with Crippen LogP contribution in [0.15, 0.2) is 12.1 Å². The van der Waals surface area contributed by atoms with E-state index < -0.39 is 5.91 Å². The number of hydrogen-bond acceptors (Lipinski definition) is 3. The number of benzene rings is 1. The third-order valence-electron chi connectivity index (χ3n) is 1.49. The quantitative estimate of drug-likeness (QED) is 0.696. The van der Waals surface area contributed by atoms with E-state index in [4.69, 9.17) is 28.9 Å². The number of carbonyl (C=O) groups excluding carboxylic acids is 1. The first-order valence-corrected chi connectivity index (χ1v) is 4.46. The van der Waals surface area contributed by atoms with E-state index in [2.05, 4.69) is 5.32 Å². The molecule has 0 aromatic heterocycles. The summed E-state index contributed by atoms with van der Waals surface area (Å²) < 4.78 is 0. The summed E-state index contributed by atoms with van der Waals surface area (Å²) in [6.07, 6.45) is 0. The van der Waals surface area contributed by atoms with E-state index in [9.17, 15) is 9.90 Å². The maximum absolute atomic E-state index is 10.5. The van der Waals surface area contributed by atoms with E-state index in [-0.39, 0.29) is 22.3 Å². The number of halogens is 2. The summed E-state index contributed by atoms with van der Waals surface area (Å²) in [5, 5.41) is 12.5. The SMILES string of the molecule is NC(=O)CNc1cc(Cl)c(Cl)cc1O. The number of phenolic OH excluding ortho intramolecular Hbond substituents is 1. The third-order valence-corrected chi connectivity index (χ3v) is 2.21. The Hall–Kier alpha value is -1.13.